The van der Waals surface area contributed by atoms with Crippen molar-refractivity contribution in [2.24, 2.45) is 0 Å². The lowest BCUT2D eigenvalue weighted by Crippen LogP contribution is -2.35. The lowest BCUT2D eigenvalue weighted by molar-refractivity contribution is 0.0759. The lowest BCUT2D eigenvalue weighted by atomic mass is 10.1. The predicted octanol–water partition coefficient (Wildman–Crippen LogP) is 3.73. The van der Waals surface area contributed by atoms with Crippen molar-refractivity contribution in [2.75, 3.05) is 26.2 Å². The Morgan fingerprint density at radius 3 is 2.81 bits per heavy atom. The molecule has 26 heavy (non-hydrogen) atoms. The van der Waals surface area contributed by atoms with Crippen molar-refractivity contribution < 1.29 is 9.21 Å². The van der Waals surface area contributed by atoms with Crippen LogP contribution in [0.2, 0.25) is 0 Å². The number of H-pyrrole nitrogens is 1. The van der Waals surface area contributed by atoms with Crippen LogP contribution in [0.15, 0.2) is 40.9 Å². The Balaban J connectivity index is 1.41. The number of carbonyl (C=O) groups excluding carboxylic acids is 1. The van der Waals surface area contributed by atoms with Crippen LogP contribution in [0, 0.1) is 13.8 Å². The smallest absolute Gasteiger partial charge is 0.257 e. The Morgan fingerprint density at radius 1 is 1.12 bits per heavy atom. The summed E-state index contributed by atoms with van der Waals surface area (Å²) in [5, 5.41) is 1.25. The molecule has 4 rings (SSSR count). The van der Waals surface area contributed by atoms with E-state index in [1.165, 1.54) is 16.5 Å². The molecule has 0 aliphatic carbocycles. The van der Waals surface area contributed by atoms with Gasteiger partial charge in [-0.05, 0) is 55.5 Å². The van der Waals surface area contributed by atoms with Crippen molar-refractivity contribution in [2.45, 2.75) is 26.8 Å². The fraction of sp³-hybridized carbons (Fsp3) is 0.381. The van der Waals surface area contributed by atoms with Gasteiger partial charge in [-0.3, -0.25) is 9.69 Å². The van der Waals surface area contributed by atoms with Gasteiger partial charge in [0, 0.05) is 44.4 Å². The molecule has 0 unspecified atom stereocenters. The molecule has 1 aromatic carbocycles. The van der Waals surface area contributed by atoms with Crippen LogP contribution < -0.4 is 0 Å². The minimum Gasteiger partial charge on any atom is -0.466 e. The van der Waals surface area contributed by atoms with Crippen molar-refractivity contribution in [3.05, 3.63) is 59.2 Å². The van der Waals surface area contributed by atoms with Gasteiger partial charge in [0.25, 0.3) is 5.91 Å². The lowest BCUT2D eigenvalue weighted by Gasteiger charge is -2.22. The maximum atomic E-state index is 12.8. The van der Waals surface area contributed by atoms with Gasteiger partial charge in [0.1, 0.15) is 11.5 Å². The minimum absolute atomic E-state index is 0.0925. The molecule has 3 aromatic rings. The maximum Gasteiger partial charge on any atom is 0.257 e. The van der Waals surface area contributed by atoms with Gasteiger partial charge in [0.05, 0.1) is 5.56 Å². The number of hydrogen-bond donors (Lipinski definition) is 1. The van der Waals surface area contributed by atoms with Crippen LogP contribution in [0.5, 0.6) is 0 Å². The summed E-state index contributed by atoms with van der Waals surface area (Å²) in [4.78, 5) is 20.5. The summed E-state index contributed by atoms with van der Waals surface area (Å²) in [7, 11) is 0. The third-order valence-corrected chi connectivity index (χ3v) is 5.17. The summed E-state index contributed by atoms with van der Waals surface area (Å²) in [5.74, 6) is 1.60. The van der Waals surface area contributed by atoms with Crippen molar-refractivity contribution in [3.8, 4) is 0 Å². The van der Waals surface area contributed by atoms with E-state index in [0.717, 1.165) is 44.9 Å². The van der Waals surface area contributed by atoms with Crippen LogP contribution in [0.4, 0.5) is 0 Å². The first kappa shape index (κ1) is 16.9. The maximum absolute atomic E-state index is 12.8. The second kappa shape index (κ2) is 7.00. The molecule has 5 heteroatoms. The van der Waals surface area contributed by atoms with Crippen LogP contribution in [0.3, 0.4) is 0 Å². The molecule has 1 aliphatic rings. The zero-order valence-electron chi connectivity index (χ0n) is 15.4. The highest BCUT2D eigenvalue weighted by Crippen LogP contribution is 2.19. The van der Waals surface area contributed by atoms with E-state index >= 15 is 0 Å². The Labute approximate surface area is 153 Å². The second-order valence-corrected chi connectivity index (χ2v) is 7.15. The van der Waals surface area contributed by atoms with Crippen LogP contribution in [-0.4, -0.2) is 46.9 Å². The molecule has 0 radical (unpaired) electrons. The van der Waals surface area contributed by atoms with Gasteiger partial charge in [0.15, 0.2) is 0 Å². The molecule has 3 heterocycles. The number of fused-ring (bicyclic) bond motifs is 1. The summed E-state index contributed by atoms with van der Waals surface area (Å²) in [6, 6.07) is 10.5. The molecular formula is C21H25N3O2. The zero-order chi connectivity index (χ0) is 18.1. The van der Waals surface area contributed by atoms with Crippen LogP contribution in [0.1, 0.15) is 33.9 Å². The molecular weight excluding hydrogens is 326 g/mol. The van der Waals surface area contributed by atoms with Gasteiger partial charge in [-0.15, -0.1) is 0 Å². The second-order valence-electron chi connectivity index (χ2n) is 7.15. The molecule has 1 amide bonds. The van der Waals surface area contributed by atoms with Crippen molar-refractivity contribution in [1.29, 1.82) is 0 Å². The summed E-state index contributed by atoms with van der Waals surface area (Å²) in [6.07, 6.45) is 2.97. The van der Waals surface area contributed by atoms with Gasteiger partial charge in [-0.25, -0.2) is 0 Å². The van der Waals surface area contributed by atoms with E-state index in [-0.39, 0.29) is 5.91 Å². The third kappa shape index (κ3) is 3.40. The average Bonchev–Trinajstić information content (AvgIpc) is 3.14. The zero-order valence-corrected chi connectivity index (χ0v) is 15.4. The molecule has 0 bridgehead atoms. The number of aromatic nitrogens is 1. The Hall–Kier alpha value is -2.53. The fourth-order valence-electron chi connectivity index (χ4n) is 3.80. The number of nitrogens with zero attached hydrogens (tertiary/aromatic N) is 2. The predicted molar refractivity (Wildman–Crippen MR) is 102 cm³/mol. The monoisotopic (exact) mass is 351 g/mol. The Kier molecular flexibility index (Phi) is 4.55. The number of aryl methyl sites for hydroxylation is 2. The van der Waals surface area contributed by atoms with E-state index in [4.69, 9.17) is 4.42 Å². The largest absolute Gasteiger partial charge is 0.466 e. The molecule has 1 aliphatic heterocycles. The number of furan rings is 1. The number of benzene rings is 1. The normalized spacial score (nSPS) is 16.2. The summed E-state index contributed by atoms with van der Waals surface area (Å²) in [5.41, 5.74) is 3.19. The highest BCUT2D eigenvalue weighted by Gasteiger charge is 2.23. The van der Waals surface area contributed by atoms with Crippen molar-refractivity contribution >= 4 is 16.8 Å². The standard InChI is InChI=1S/C21H25N3O2/c1-15-12-19(16(2)26-15)21(25)24-9-3-8-23(10-11-24)14-17-4-5-20-18(13-17)6-7-22-20/h4-7,12-13,22H,3,8-11,14H2,1-2H3. The first-order valence-corrected chi connectivity index (χ1v) is 9.25. The van der Waals surface area contributed by atoms with Gasteiger partial charge >= 0.3 is 0 Å². The molecule has 1 fully saturated rings. The van der Waals surface area contributed by atoms with Crippen molar-refractivity contribution in [1.82, 2.24) is 14.8 Å². The Bertz CT molecular complexity index is 924. The van der Waals surface area contributed by atoms with E-state index in [1.54, 1.807) is 0 Å². The van der Waals surface area contributed by atoms with E-state index in [0.29, 0.717) is 11.3 Å². The number of hydrogen-bond acceptors (Lipinski definition) is 3. The van der Waals surface area contributed by atoms with Crippen LogP contribution in [-0.2, 0) is 6.54 Å². The summed E-state index contributed by atoms with van der Waals surface area (Å²) < 4.78 is 5.53. The first-order valence-electron chi connectivity index (χ1n) is 9.25. The summed E-state index contributed by atoms with van der Waals surface area (Å²) in [6.45, 7) is 8.14. The first-order chi connectivity index (χ1) is 12.6. The molecule has 2 aromatic heterocycles. The highest BCUT2D eigenvalue weighted by atomic mass is 16.3. The topological polar surface area (TPSA) is 52.5 Å². The average molecular weight is 351 g/mol. The number of aromatic amines is 1. The van der Waals surface area contributed by atoms with Crippen molar-refractivity contribution in [3.63, 3.8) is 0 Å². The molecule has 136 valence electrons. The number of rotatable bonds is 3. The number of carbonyl (C=O) groups is 1. The molecule has 1 N–H and O–H groups in total. The SMILES string of the molecule is Cc1cc(C(=O)N2CCCN(Cc3ccc4[nH]ccc4c3)CC2)c(C)o1. The minimum atomic E-state index is 0.0925. The molecule has 0 atom stereocenters. The van der Waals surface area contributed by atoms with Crippen LogP contribution in [0.25, 0.3) is 10.9 Å². The van der Waals surface area contributed by atoms with E-state index < -0.39 is 0 Å². The Morgan fingerprint density at radius 2 is 2.00 bits per heavy atom. The number of amides is 1. The molecule has 5 nitrogen and oxygen atoms in total. The molecule has 0 spiro atoms. The fourth-order valence-corrected chi connectivity index (χ4v) is 3.80. The van der Waals surface area contributed by atoms with E-state index in [2.05, 4.69) is 34.1 Å². The quantitative estimate of drug-likeness (QED) is 0.782. The number of nitrogens with one attached hydrogen (secondary N) is 1. The van der Waals surface area contributed by atoms with Crippen LogP contribution >= 0.6 is 0 Å². The van der Waals surface area contributed by atoms with Gasteiger partial charge < -0.3 is 14.3 Å². The summed E-state index contributed by atoms with van der Waals surface area (Å²) >= 11 is 0. The van der Waals surface area contributed by atoms with E-state index in [1.807, 2.05) is 31.0 Å². The van der Waals surface area contributed by atoms with Gasteiger partial charge in [0.2, 0.25) is 0 Å². The molecule has 1 saturated heterocycles. The molecule has 0 saturated carbocycles. The van der Waals surface area contributed by atoms with Gasteiger partial charge in [-0.2, -0.15) is 0 Å². The van der Waals surface area contributed by atoms with Gasteiger partial charge in [-0.1, -0.05) is 6.07 Å². The third-order valence-electron chi connectivity index (χ3n) is 5.17. The van der Waals surface area contributed by atoms with E-state index in [9.17, 15) is 4.79 Å². The highest BCUT2D eigenvalue weighted by molar-refractivity contribution is 5.95.